The Bertz CT molecular complexity index is 2780. The van der Waals surface area contributed by atoms with E-state index in [1.807, 2.05) is 58.9 Å². The highest BCUT2D eigenvalue weighted by molar-refractivity contribution is 7.92. The number of sulfone groups is 2. The van der Waals surface area contributed by atoms with Crippen molar-refractivity contribution in [1.29, 1.82) is 0 Å². The van der Waals surface area contributed by atoms with E-state index in [-0.39, 0.29) is 65.9 Å². The van der Waals surface area contributed by atoms with Crippen LogP contribution in [0.2, 0.25) is 0 Å². The summed E-state index contributed by atoms with van der Waals surface area (Å²) in [5, 5.41) is 32.1. The largest absolute Gasteiger partial charge is 0.393 e. The van der Waals surface area contributed by atoms with Gasteiger partial charge in [0.25, 0.3) is 0 Å². The Hall–Kier alpha value is -2.34. The zero-order valence-electron chi connectivity index (χ0n) is 52.1. The van der Waals surface area contributed by atoms with E-state index < -0.39 is 42.2 Å². The van der Waals surface area contributed by atoms with Crippen LogP contribution in [0.1, 0.15) is 221 Å². The first-order valence-electron chi connectivity index (χ1n) is 31.8. The van der Waals surface area contributed by atoms with Crippen molar-refractivity contribution >= 4 is 19.7 Å². The first kappa shape index (κ1) is 67.2. The Morgan fingerprint density at radius 2 is 1.01 bits per heavy atom. The second-order valence-corrected chi connectivity index (χ2v) is 36.2. The summed E-state index contributed by atoms with van der Waals surface area (Å²) in [5.41, 5.74) is 2.68. The van der Waals surface area contributed by atoms with E-state index >= 15 is 0 Å². The van der Waals surface area contributed by atoms with Crippen molar-refractivity contribution in [3.63, 3.8) is 0 Å². The number of hydrogen-bond donors (Lipinski definition) is 3. The molecule has 6 saturated carbocycles. The molecule has 1 aliphatic heterocycles. The molecule has 1 saturated heterocycles. The van der Waals surface area contributed by atoms with Gasteiger partial charge in [0, 0.05) is 0 Å². The Kier molecular flexibility index (Phi) is 19.6. The number of ether oxygens (including phenoxy) is 1. The van der Waals surface area contributed by atoms with Gasteiger partial charge in [-0.1, -0.05) is 158 Å². The zero-order valence-corrected chi connectivity index (χ0v) is 53.7. The normalized spacial score (nSPS) is 39.8. The quantitative estimate of drug-likeness (QED) is 0.158. The first-order valence-corrected chi connectivity index (χ1v) is 35.0. The molecular weight excluding hydrogens is 1060 g/mol. The standard InChI is InChI=1S/C35H54O4S.C29H42O3S.C6H12O.2CH4/c1-23(30(21-31(36)32(2,3)4)40(38,39)25-11-9-8-10-12-25)27-15-16-28-26-14-13-24-22-33(5,37)19-20-34(24,6)29(26)17-18-35(27,28)7;1-20(19-33(31,32)22-8-6-5-7-9-22)24-12-13-25-23-11-10-21-18-27(2,30)16-17-28(21,3)26(23)14-15-29(24,25)4;1-6(2,3)5-4-7-5;;/h8-13,23,26-31,36-37H,14-22H2,1-7H3;5-10,20,23-26,30H,11-19H2,1-4H3;5H,4H2,1-3H3;2*1H4/t23-,26-,27+,28-,29-,30?,31?,33-,34-,35+;20-,23+,24-,25+,26+,27+,28+,29-;;;/m01.../s1. The summed E-state index contributed by atoms with van der Waals surface area (Å²) in [4.78, 5) is 0.841. The van der Waals surface area contributed by atoms with Crippen molar-refractivity contribution in [2.75, 3.05) is 12.4 Å². The number of benzene rings is 2. The van der Waals surface area contributed by atoms with Crippen molar-refractivity contribution in [2.45, 2.75) is 259 Å². The van der Waals surface area contributed by atoms with Gasteiger partial charge in [-0.2, -0.15) is 0 Å². The smallest absolute Gasteiger partial charge is 0.181 e. The molecular formula is C72H116O8S2. The molecule has 19 atom stereocenters. The van der Waals surface area contributed by atoms with E-state index in [2.05, 4.69) is 74.5 Å². The fourth-order valence-corrected chi connectivity index (χ4v) is 23.2. The maximum absolute atomic E-state index is 14.2. The predicted molar refractivity (Wildman–Crippen MR) is 339 cm³/mol. The third-order valence-electron chi connectivity index (χ3n) is 24.6. The van der Waals surface area contributed by atoms with Gasteiger partial charge < -0.3 is 20.1 Å². The summed E-state index contributed by atoms with van der Waals surface area (Å²) in [6.45, 7) is 31.9. The van der Waals surface area contributed by atoms with Crippen molar-refractivity contribution < 1.29 is 36.9 Å². The summed E-state index contributed by atoms with van der Waals surface area (Å²) < 4.78 is 59.7. The third-order valence-corrected chi connectivity index (χ3v) is 28.9. The highest BCUT2D eigenvalue weighted by atomic mass is 32.2. The second kappa shape index (κ2) is 24.0. The summed E-state index contributed by atoms with van der Waals surface area (Å²) in [7, 11) is -6.87. The summed E-state index contributed by atoms with van der Waals surface area (Å²) in [5.74, 6) is 5.21. The molecule has 0 amide bonds. The van der Waals surface area contributed by atoms with Gasteiger partial charge in [-0.05, 0) is 239 Å². The molecule has 2 aromatic carbocycles. The van der Waals surface area contributed by atoms with Crippen molar-refractivity contribution in [1.82, 2.24) is 0 Å². The predicted octanol–water partition coefficient (Wildman–Crippen LogP) is 16.7. The summed E-state index contributed by atoms with van der Waals surface area (Å²) in [6, 6.07) is 17.9. The van der Waals surface area contributed by atoms with Crippen LogP contribution in [0.5, 0.6) is 0 Å². The number of aliphatic hydroxyl groups is 3. The van der Waals surface area contributed by atoms with Gasteiger partial charge in [-0.15, -0.1) is 0 Å². The van der Waals surface area contributed by atoms with E-state index in [1.54, 1.807) is 36.4 Å². The molecule has 82 heavy (non-hydrogen) atoms. The average Bonchev–Trinajstić information content (AvgIpc) is 2.86. The van der Waals surface area contributed by atoms with Crippen molar-refractivity contribution in [2.24, 2.45) is 91.7 Å². The Morgan fingerprint density at radius 3 is 1.43 bits per heavy atom. The molecule has 0 bridgehead atoms. The van der Waals surface area contributed by atoms with E-state index in [1.165, 1.54) is 43.3 Å². The van der Waals surface area contributed by atoms with Crippen LogP contribution in [-0.4, -0.2) is 73.2 Å². The molecule has 2 aromatic rings. The summed E-state index contributed by atoms with van der Waals surface area (Å²) in [6.07, 6.45) is 22.4. The van der Waals surface area contributed by atoms with E-state index in [0.29, 0.717) is 68.7 Å². The van der Waals surface area contributed by atoms with Gasteiger partial charge in [-0.3, -0.25) is 0 Å². The maximum atomic E-state index is 14.2. The molecule has 0 spiro atoms. The molecule has 3 unspecified atom stereocenters. The molecule has 8 aliphatic carbocycles. The van der Waals surface area contributed by atoms with Gasteiger partial charge in [0.1, 0.15) is 0 Å². The SMILES string of the molecule is C.C.CC(C)(C)C1CO1.C[C@H](C(CC(O)C(C)(C)C)S(=O)(=O)c1ccccc1)[C@H]1CC[C@H]2[C@@H]3CC=C4C[C@@](C)(O)CC[C@]4(C)[C@H]3CC[C@]12C.C[C@H](CS(=O)(=O)c1ccccc1)[C@H]1CC[C@H]2[C@@H]3CC=C4C[C@@](C)(O)CC[C@]4(C)[C@H]3CC[C@]12C. The monoisotopic (exact) mass is 1170 g/mol. The Morgan fingerprint density at radius 1 is 0.585 bits per heavy atom. The Labute approximate surface area is 501 Å². The zero-order chi connectivity index (χ0) is 58.4. The topological polar surface area (TPSA) is 142 Å². The van der Waals surface area contributed by atoms with Gasteiger partial charge in [0.05, 0.1) is 50.8 Å². The van der Waals surface area contributed by atoms with E-state index in [4.69, 9.17) is 4.74 Å². The molecule has 11 rings (SSSR count). The fraction of sp³-hybridized carbons (Fsp3) is 0.778. The second-order valence-electron chi connectivity index (χ2n) is 32.0. The third kappa shape index (κ3) is 13.0. The van der Waals surface area contributed by atoms with Crippen molar-refractivity contribution in [3.8, 4) is 0 Å². The lowest BCUT2D eigenvalue weighted by Gasteiger charge is -2.59. The number of hydrogen-bond acceptors (Lipinski definition) is 8. The van der Waals surface area contributed by atoms with E-state index in [9.17, 15) is 32.2 Å². The Balaban J connectivity index is 0.000000209. The van der Waals surface area contributed by atoms with Gasteiger partial charge in [0.2, 0.25) is 0 Å². The molecule has 0 aromatic heterocycles. The molecule has 464 valence electrons. The lowest BCUT2D eigenvalue weighted by atomic mass is 9.46. The van der Waals surface area contributed by atoms with Gasteiger partial charge >= 0.3 is 0 Å². The highest BCUT2D eigenvalue weighted by Gasteiger charge is 2.62. The fourth-order valence-electron chi connectivity index (χ4n) is 19.5. The lowest BCUT2D eigenvalue weighted by molar-refractivity contribution is -0.0710. The van der Waals surface area contributed by atoms with Gasteiger partial charge in [-0.25, -0.2) is 16.8 Å². The molecule has 8 nitrogen and oxygen atoms in total. The minimum absolute atomic E-state index is 0. The number of rotatable bonds is 10. The minimum Gasteiger partial charge on any atom is -0.393 e. The number of allylic oxidation sites excluding steroid dienone is 2. The average molecular weight is 1170 g/mol. The van der Waals surface area contributed by atoms with Crippen LogP contribution in [0.15, 0.2) is 93.8 Å². The minimum atomic E-state index is -3.61. The lowest BCUT2D eigenvalue weighted by Crippen LogP contribution is -2.52. The summed E-state index contributed by atoms with van der Waals surface area (Å²) >= 11 is 0. The number of epoxide rings is 1. The molecule has 1 heterocycles. The van der Waals surface area contributed by atoms with Crippen LogP contribution in [0.25, 0.3) is 0 Å². The molecule has 9 aliphatic rings. The van der Waals surface area contributed by atoms with E-state index in [0.717, 1.165) is 77.2 Å². The van der Waals surface area contributed by atoms with Crippen LogP contribution in [0, 0.1) is 91.7 Å². The highest BCUT2D eigenvalue weighted by Crippen LogP contribution is 2.70. The van der Waals surface area contributed by atoms with Crippen LogP contribution >= 0.6 is 0 Å². The van der Waals surface area contributed by atoms with Crippen LogP contribution in [0.3, 0.4) is 0 Å². The van der Waals surface area contributed by atoms with Gasteiger partial charge in [0.15, 0.2) is 19.7 Å². The first-order chi connectivity index (χ1) is 37.1. The van der Waals surface area contributed by atoms with Crippen LogP contribution in [-0.2, 0) is 24.4 Å². The van der Waals surface area contributed by atoms with Crippen LogP contribution in [0.4, 0.5) is 0 Å². The number of aliphatic hydroxyl groups excluding tert-OH is 1. The van der Waals surface area contributed by atoms with Crippen molar-refractivity contribution in [3.05, 3.63) is 84.0 Å². The maximum Gasteiger partial charge on any atom is 0.181 e. The molecule has 10 heteroatoms. The molecule has 3 N–H and O–H groups in total. The molecule has 0 radical (unpaired) electrons. The van der Waals surface area contributed by atoms with Crippen LogP contribution < -0.4 is 0 Å². The number of fused-ring (bicyclic) bond motifs is 10. The molecule has 7 fully saturated rings.